The molecular weight excluding hydrogens is 408 g/mol. The summed E-state index contributed by atoms with van der Waals surface area (Å²) >= 11 is 0. The smallest absolute Gasteiger partial charge is 0.336 e. The highest BCUT2D eigenvalue weighted by Gasteiger charge is 2.23. The Hall–Kier alpha value is -3.32. The number of benzene rings is 2. The maximum atomic E-state index is 12.5. The van der Waals surface area contributed by atoms with Crippen LogP contribution in [-0.4, -0.2) is 44.2 Å². The number of nitrogens with zero attached hydrogens (tertiary/aromatic N) is 1. The first-order chi connectivity index (χ1) is 15.6. The Morgan fingerprint density at radius 3 is 2.50 bits per heavy atom. The fraction of sp³-hybridized carbons (Fsp3) is 0.360. The van der Waals surface area contributed by atoms with E-state index in [1.165, 1.54) is 25.3 Å². The summed E-state index contributed by atoms with van der Waals surface area (Å²) in [4.78, 5) is 26.3. The van der Waals surface area contributed by atoms with Gasteiger partial charge in [0.1, 0.15) is 17.1 Å². The molecular formula is C25H28N2O5. The Bertz CT molecular complexity index is 1100. The second-order valence-corrected chi connectivity index (χ2v) is 7.93. The molecule has 7 heteroatoms. The van der Waals surface area contributed by atoms with Crippen molar-refractivity contribution >= 4 is 16.9 Å². The summed E-state index contributed by atoms with van der Waals surface area (Å²) in [6, 6.07) is 16.4. The second kappa shape index (κ2) is 10.3. The number of carbonyl (C=O) groups is 1. The normalized spacial score (nSPS) is 15.3. The van der Waals surface area contributed by atoms with Gasteiger partial charge in [-0.15, -0.1) is 0 Å². The molecule has 32 heavy (non-hydrogen) atoms. The predicted molar refractivity (Wildman–Crippen MR) is 122 cm³/mol. The van der Waals surface area contributed by atoms with E-state index in [1.807, 2.05) is 12.1 Å². The standard InChI is InChI=1S/C25H28N2O5/c1-30-20-9-5-18(6-10-20)22(27-13-3-2-4-14-27)16-26-24(28)17-31-21-11-7-19-8-12-25(29)32-23(19)15-21/h5-12,15,22H,2-4,13-14,16-17H2,1H3,(H,26,28). The van der Waals surface area contributed by atoms with Gasteiger partial charge in [-0.25, -0.2) is 4.79 Å². The summed E-state index contributed by atoms with van der Waals surface area (Å²) in [6.07, 6.45) is 3.58. The Morgan fingerprint density at radius 1 is 1.03 bits per heavy atom. The Balaban J connectivity index is 1.37. The number of hydrogen-bond acceptors (Lipinski definition) is 6. The van der Waals surface area contributed by atoms with Crippen LogP contribution >= 0.6 is 0 Å². The second-order valence-electron chi connectivity index (χ2n) is 7.93. The summed E-state index contributed by atoms with van der Waals surface area (Å²) in [5.41, 5.74) is 1.16. The maximum Gasteiger partial charge on any atom is 0.336 e. The maximum absolute atomic E-state index is 12.5. The molecule has 0 aliphatic carbocycles. The molecule has 168 valence electrons. The van der Waals surface area contributed by atoms with Crippen LogP contribution < -0.4 is 20.4 Å². The van der Waals surface area contributed by atoms with Gasteiger partial charge < -0.3 is 19.2 Å². The molecule has 1 aromatic heterocycles. The topological polar surface area (TPSA) is 81.0 Å². The van der Waals surface area contributed by atoms with Gasteiger partial charge in [-0.1, -0.05) is 18.6 Å². The average molecular weight is 437 g/mol. The van der Waals surface area contributed by atoms with E-state index in [2.05, 4.69) is 22.3 Å². The summed E-state index contributed by atoms with van der Waals surface area (Å²) in [5, 5.41) is 3.81. The van der Waals surface area contributed by atoms with Crippen LogP contribution in [0.4, 0.5) is 0 Å². The van der Waals surface area contributed by atoms with Gasteiger partial charge in [0.05, 0.1) is 13.2 Å². The third-order valence-electron chi connectivity index (χ3n) is 5.79. The zero-order chi connectivity index (χ0) is 22.3. The molecule has 0 spiro atoms. The molecule has 1 atom stereocenters. The van der Waals surface area contributed by atoms with Crippen LogP contribution in [0.15, 0.2) is 63.8 Å². The molecule has 1 aliphatic rings. The minimum absolute atomic E-state index is 0.0973. The van der Waals surface area contributed by atoms with Crippen molar-refractivity contribution in [3.8, 4) is 11.5 Å². The van der Waals surface area contributed by atoms with Crippen LogP contribution in [0.1, 0.15) is 30.9 Å². The lowest BCUT2D eigenvalue weighted by molar-refractivity contribution is -0.123. The number of nitrogens with one attached hydrogen (secondary N) is 1. The Kier molecular flexibility index (Phi) is 7.07. The van der Waals surface area contributed by atoms with Crippen molar-refractivity contribution < 1.29 is 18.7 Å². The van der Waals surface area contributed by atoms with E-state index in [-0.39, 0.29) is 18.6 Å². The number of hydrogen-bond donors (Lipinski definition) is 1. The van der Waals surface area contributed by atoms with E-state index in [0.717, 1.165) is 29.8 Å². The molecule has 4 rings (SSSR count). The molecule has 1 N–H and O–H groups in total. The first-order valence-electron chi connectivity index (χ1n) is 10.9. The third-order valence-corrected chi connectivity index (χ3v) is 5.79. The van der Waals surface area contributed by atoms with Crippen LogP contribution in [-0.2, 0) is 4.79 Å². The van der Waals surface area contributed by atoms with Crippen LogP contribution in [0.5, 0.6) is 11.5 Å². The SMILES string of the molecule is COc1ccc(C(CNC(=O)COc2ccc3ccc(=O)oc3c2)N2CCCCC2)cc1. The Labute approximate surface area is 186 Å². The molecule has 3 aromatic rings. The van der Waals surface area contributed by atoms with Gasteiger partial charge in [-0.2, -0.15) is 0 Å². The van der Waals surface area contributed by atoms with E-state index < -0.39 is 5.63 Å². The molecule has 2 aromatic carbocycles. The van der Waals surface area contributed by atoms with Crippen molar-refractivity contribution in [2.24, 2.45) is 0 Å². The quantitative estimate of drug-likeness (QED) is 0.544. The fourth-order valence-electron chi connectivity index (χ4n) is 4.06. The van der Waals surface area contributed by atoms with Crippen LogP contribution in [0.3, 0.4) is 0 Å². The Morgan fingerprint density at radius 2 is 1.75 bits per heavy atom. The zero-order valence-electron chi connectivity index (χ0n) is 18.2. The van der Waals surface area contributed by atoms with Gasteiger partial charge in [-0.05, 0) is 61.8 Å². The van der Waals surface area contributed by atoms with Crippen molar-refractivity contribution in [1.82, 2.24) is 10.2 Å². The summed E-state index contributed by atoms with van der Waals surface area (Å²) in [5.74, 6) is 1.09. The van der Waals surface area contributed by atoms with Gasteiger partial charge in [0, 0.05) is 24.1 Å². The van der Waals surface area contributed by atoms with Crippen molar-refractivity contribution in [1.29, 1.82) is 0 Å². The summed E-state index contributed by atoms with van der Waals surface area (Å²) in [6.45, 7) is 2.43. The van der Waals surface area contributed by atoms with Gasteiger partial charge in [-0.3, -0.25) is 9.69 Å². The first-order valence-corrected chi connectivity index (χ1v) is 10.9. The number of likely N-dealkylation sites (tertiary alicyclic amines) is 1. The van der Waals surface area contributed by atoms with E-state index in [1.54, 1.807) is 31.4 Å². The highest BCUT2D eigenvalue weighted by molar-refractivity contribution is 5.79. The zero-order valence-corrected chi connectivity index (χ0v) is 18.2. The molecule has 1 unspecified atom stereocenters. The lowest BCUT2D eigenvalue weighted by Gasteiger charge is -2.35. The van der Waals surface area contributed by atoms with Gasteiger partial charge in [0.25, 0.3) is 5.91 Å². The molecule has 1 saturated heterocycles. The van der Waals surface area contributed by atoms with Crippen molar-refractivity contribution in [2.45, 2.75) is 25.3 Å². The number of fused-ring (bicyclic) bond motifs is 1. The predicted octanol–water partition coefficient (Wildman–Crippen LogP) is 3.52. The van der Waals surface area contributed by atoms with Gasteiger partial charge >= 0.3 is 5.63 Å². The highest BCUT2D eigenvalue weighted by atomic mass is 16.5. The molecule has 0 radical (unpaired) electrons. The number of piperidine rings is 1. The van der Waals surface area contributed by atoms with Crippen LogP contribution in [0.2, 0.25) is 0 Å². The average Bonchev–Trinajstić information content (AvgIpc) is 2.83. The highest BCUT2D eigenvalue weighted by Crippen LogP contribution is 2.26. The number of carbonyl (C=O) groups excluding carboxylic acids is 1. The third kappa shape index (κ3) is 5.48. The van der Waals surface area contributed by atoms with E-state index in [9.17, 15) is 9.59 Å². The largest absolute Gasteiger partial charge is 0.497 e. The number of methoxy groups -OCH3 is 1. The van der Waals surface area contributed by atoms with Crippen molar-refractivity contribution in [2.75, 3.05) is 33.4 Å². The molecule has 2 heterocycles. The summed E-state index contributed by atoms with van der Waals surface area (Å²) < 4.78 is 16.1. The van der Waals surface area contributed by atoms with Crippen molar-refractivity contribution in [3.63, 3.8) is 0 Å². The number of amides is 1. The molecule has 0 bridgehead atoms. The van der Waals surface area contributed by atoms with Crippen LogP contribution in [0, 0.1) is 0 Å². The minimum Gasteiger partial charge on any atom is -0.497 e. The van der Waals surface area contributed by atoms with Crippen LogP contribution in [0.25, 0.3) is 11.0 Å². The van der Waals surface area contributed by atoms with Gasteiger partial charge in [0.15, 0.2) is 6.61 Å². The lowest BCUT2D eigenvalue weighted by Crippen LogP contribution is -2.41. The molecule has 1 aliphatic heterocycles. The molecule has 7 nitrogen and oxygen atoms in total. The minimum atomic E-state index is -0.422. The van der Waals surface area contributed by atoms with Gasteiger partial charge in [0.2, 0.25) is 0 Å². The van der Waals surface area contributed by atoms with Crippen molar-refractivity contribution in [3.05, 3.63) is 70.6 Å². The number of rotatable bonds is 8. The molecule has 1 fully saturated rings. The summed E-state index contributed by atoms with van der Waals surface area (Å²) in [7, 11) is 1.65. The van der Waals surface area contributed by atoms with E-state index in [0.29, 0.717) is 17.9 Å². The lowest BCUT2D eigenvalue weighted by atomic mass is 10.0. The fourth-order valence-corrected chi connectivity index (χ4v) is 4.06. The monoisotopic (exact) mass is 436 g/mol. The van der Waals surface area contributed by atoms with E-state index in [4.69, 9.17) is 13.9 Å². The molecule has 0 saturated carbocycles. The van der Waals surface area contributed by atoms with E-state index >= 15 is 0 Å². The molecule has 1 amide bonds. The number of ether oxygens (including phenoxy) is 2. The first kappa shape index (κ1) is 21.9.